The highest BCUT2D eigenvalue weighted by molar-refractivity contribution is 5.83. The Morgan fingerprint density at radius 3 is 1.18 bits per heavy atom. The third kappa shape index (κ3) is 5.53. The van der Waals surface area contributed by atoms with Gasteiger partial charge in [-0.1, -0.05) is 82.6 Å². The first-order valence-corrected chi connectivity index (χ1v) is 6.23. The molecule has 0 saturated heterocycles. The van der Waals surface area contributed by atoms with E-state index in [2.05, 4.69) is 50.2 Å². The van der Waals surface area contributed by atoms with Crippen molar-refractivity contribution in [2.24, 2.45) is 0 Å². The van der Waals surface area contributed by atoms with Crippen molar-refractivity contribution in [2.75, 3.05) is 0 Å². The summed E-state index contributed by atoms with van der Waals surface area (Å²) in [6.07, 6.45) is 0. The first-order valence-electron chi connectivity index (χ1n) is 6.23. The molecular formula is C17H28. The standard InChI is InChI=1S/C12H12.2C2H6.CH4/c1-9-3-5-12-8-10(2)4-6-11(12)7-9;2*1-2;/h3-8H,1-2H3;2*1-2H3;1H4. The van der Waals surface area contributed by atoms with Gasteiger partial charge in [0.15, 0.2) is 0 Å². The zero-order valence-electron chi connectivity index (χ0n) is 11.5. The fourth-order valence-corrected chi connectivity index (χ4v) is 1.48. The summed E-state index contributed by atoms with van der Waals surface area (Å²) in [6.45, 7) is 12.2. The second-order valence-electron chi connectivity index (χ2n) is 3.35. The van der Waals surface area contributed by atoms with Crippen LogP contribution in [0.25, 0.3) is 10.8 Å². The van der Waals surface area contributed by atoms with Crippen LogP contribution in [-0.2, 0) is 0 Å². The van der Waals surface area contributed by atoms with Crippen molar-refractivity contribution in [2.45, 2.75) is 49.0 Å². The Bertz CT molecular complexity index is 372. The number of aryl methyl sites for hydroxylation is 2. The predicted molar refractivity (Wildman–Crippen MR) is 82.8 cm³/mol. The predicted octanol–water partition coefficient (Wildman–Crippen LogP) is 6.15. The first kappa shape index (κ1) is 18.1. The lowest BCUT2D eigenvalue weighted by Gasteiger charge is -1.99. The smallest absolute Gasteiger partial charge is 0.0181 e. The Kier molecular flexibility index (Phi) is 10.5. The van der Waals surface area contributed by atoms with Gasteiger partial charge >= 0.3 is 0 Å². The summed E-state index contributed by atoms with van der Waals surface area (Å²) >= 11 is 0. The monoisotopic (exact) mass is 232 g/mol. The van der Waals surface area contributed by atoms with E-state index in [9.17, 15) is 0 Å². The maximum absolute atomic E-state index is 2.22. The van der Waals surface area contributed by atoms with E-state index in [4.69, 9.17) is 0 Å². The molecule has 0 saturated carbocycles. The van der Waals surface area contributed by atoms with Crippen molar-refractivity contribution in [3.8, 4) is 0 Å². The molecule has 0 spiro atoms. The van der Waals surface area contributed by atoms with Crippen molar-refractivity contribution in [3.05, 3.63) is 47.5 Å². The highest BCUT2D eigenvalue weighted by Gasteiger charge is 1.92. The zero-order chi connectivity index (χ0) is 12.6. The van der Waals surface area contributed by atoms with Crippen molar-refractivity contribution in [1.82, 2.24) is 0 Å². The second kappa shape index (κ2) is 9.89. The summed E-state index contributed by atoms with van der Waals surface area (Å²) < 4.78 is 0. The molecule has 0 aromatic heterocycles. The molecule has 0 atom stereocenters. The molecule has 0 aliphatic rings. The zero-order valence-corrected chi connectivity index (χ0v) is 11.5. The lowest BCUT2D eigenvalue weighted by Crippen LogP contribution is -1.76. The molecule has 0 aliphatic carbocycles. The van der Waals surface area contributed by atoms with Crippen LogP contribution in [0.5, 0.6) is 0 Å². The van der Waals surface area contributed by atoms with Gasteiger partial charge in [-0.2, -0.15) is 0 Å². The molecule has 2 aromatic carbocycles. The molecule has 0 nitrogen and oxygen atoms in total. The molecule has 96 valence electrons. The third-order valence-electron chi connectivity index (χ3n) is 2.15. The molecule has 0 aliphatic heterocycles. The molecular weight excluding hydrogens is 204 g/mol. The molecule has 0 heteroatoms. The van der Waals surface area contributed by atoms with Gasteiger partial charge in [0.1, 0.15) is 0 Å². The lowest BCUT2D eigenvalue weighted by atomic mass is 10.1. The molecule has 0 amide bonds. The molecule has 2 rings (SSSR count). The molecule has 0 unspecified atom stereocenters. The maximum Gasteiger partial charge on any atom is -0.0181 e. The number of hydrogen-bond acceptors (Lipinski definition) is 0. The van der Waals surface area contributed by atoms with E-state index in [0.29, 0.717) is 0 Å². The van der Waals surface area contributed by atoms with Gasteiger partial charge in [-0.05, 0) is 24.6 Å². The highest BCUT2D eigenvalue weighted by atomic mass is 14.0. The van der Waals surface area contributed by atoms with Gasteiger partial charge in [-0.15, -0.1) is 0 Å². The largest absolute Gasteiger partial charge is 0.0776 e. The van der Waals surface area contributed by atoms with Crippen LogP contribution in [0, 0.1) is 13.8 Å². The second-order valence-corrected chi connectivity index (χ2v) is 3.35. The van der Waals surface area contributed by atoms with Crippen LogP contribution in [0.2, 0.25) is 0 Å². The van der Waals surface area contributed by atoms with Crippen molar-refractivity contribution in [1.29, 1.82) is 0 Å². The number of fused-ring (bicyclic) bond motifs is 1. The SMILES string of the molecule is C.CC.CC.Cc1ccc2cc(C)ccc2c1. The van der Waals surface area contributed by atoms with E-state index in [0.717, 1.165) is 0 Å². The third-order valence-corrected chi connectivity index (χ3v) is 2.15. The van der Waals surface area contributed by atoms with Crippen LogP contribution in [0.1, 0.15) is 46.2 Å². The van der Waals surface area contributed by atoms with E-state index < -0.39 is 0 Å². The van der Waals surface area contributed by atoms with Crippen LogP contribution in [0.4, 0.5) is 0 Å². The summed E-state index contributed by atoms with van der Waals surface area (Å²) in [6, 6.07) is 13.1. The minimum atomic E-state index is 0. The Morgan fingerprint density at radius 2 is 0.882 bits per heavy atom. The van der Waals surface area contributed by atoms with E-state index >= 15 is 0 Å². The van der Waals surface area contributed by atoms with E-state index in [1.54, 1.807) is 0 Å². The van der Waals surface area contributed by atoms with E-state index in [-0.39, 0.29) is 7.43 Å². The van der Waals surface area contributed by atoms with Gasteiger partial charge < -0.3 is 0 Å². The number of rotatable bonds is 0. The van der Waals surface area contributed by atoms with Crippen LogP contribution in [0.3, 0.4) is 0 Å². The lowest BCUT2D eigenvalue weighted by molar-refractivity contribution is 1.47. The van der Waals surface area contributed by atoms with E-state index in [1.165, 1.54) is 21.9 Å². The van der Waals surface area contributed by atoms with E-state index in [1.807, 2.05) is 27.7 Å². The van der Waals surface area contributed by atoms with Gasteiger partial charge in [0.2, 0.25) is 0 Å². The van der Waals surface area contributed by atoms with Gasteiger partial charge in [-0.3, -0.25) is 0 Å². The molecule has 0 radical (unpaired) electrons. The van der Waals surface area contributed by atoms with Gasteiger partial charge in [0.25, 0.3) is 0 Å². The molecule has 0 bridgehead atoms. The minimum absolute atomic E-state index is 0. The molecule has 0 fully saturated rings. The Morgan fingerprint density at radius 1 is 0.588 bits per heavy atom. The van der Waals surface area contributed by atoms with Gasteiger partial charge in [0.05, 0.1) is 0 Å². The Hall–Kier alpha value is -1.30. The maximum atomic E-state index is 2.22. The van der Waals surface area contributed by atoms with Crippen molar-refractivity contribution < 1.29 is 0 Å². The number of hydrogen-bond donors (Lipinski definition) is 0. The molecule has 0 N–H and O–H groups in total. The fourth-order valence-electron chi connectivity index (χ4n) is 1.48. The molecule has 2 aromatic rings. The summed E-state index contributed by atoms with van der Waals surface area (Å²) in [4.78, 5) is 0. The highest BCUT2D eigenvalue weighted by Crippen LogP contribution is 2.16. The molecule has 17 heavy (non-hydrogen) atoms. The Labute approximate surface area is 108 Å². The summed E-state index contributed by atoms with van der Waals surface area (Å²) in [5.41, 5.74) is 2.65. The topological polar surface area (TPSA) is 0 Å². The average molecular weight is 232 g/mol. The average Bonchev–Trinajstić information content (AvgIpc) is 2.35. The first-order chi connectivity index (χ1) is 7.75. The number of benzene rings is 2. The van der Waals surface area contributed by atoms with Gasteiger partial charge in [-0.25, -0.2) is 0 Å². The van der Waals surface area contributed by atoms with Crippen LogP contribution in [-0.4, -0.2) is 0 Å². The van der Waals surface area contributed by atoms with Crippen LogP contribution in [0.15, 0.2) is 36.4 Å². The minimum Gasteiger partial charge on any atom is -0.0776 e. The van der Waals surface area contributed by atoms with Gasteiger partial charge in [0, 0.05) is 0 Å². The summed E-state index contributed by atoms with van der Waals surface area (Å²) in [5, 5.41) is 2.67. The van der Waals surface area contributed by atoms with Crippen molar-refractivity contribution in [3.63, 3.8) is 0 Å². The summed E-state index contributed by atoms with van der Waals surface area (Å²) in [5.74, 6) is 0. The summed E-state index contributed by atoms with van der Waals surface area (Å²) in [7, 11) is 0. The Balaban J connectivity index is 0. The normalized spacial score (nSPS) is 8.12. The molecule has 0 heterocycles. The van der Waals surface area contributed by atoms with Crippen LogP contribution < -0.4 is 0 Å². The quantitative estimate of drug-likeness (QED) is 0.511. The van der Waals surface area contributed by atoms with Crippen molar-refractivity contribution >= 4 is 10.8 Å². The van der Waals surface area contributed by atoms with Crippen LogP contribution >= 0.6 is 0 Å². The fraction of sp³-hybridized carbons (Fsp3) is 0.412.